The molecule has 118 valence electrons. The monoisotopic (exact) mass is 320 g/mol. The first kappa shape index (κ1) is 17.9. The van der Waals surface area contributed by atoms with Crippen LogP contribution in [0.3, 0.4) is 0 Å². The number of carbonyl (C=O) groups is 1. The molecule has 0 aliphatic carbocycles. The predicted molar refractivity (Wildman–Crippen MR) is 88.7 cm³/mol. The number of hydrogen-bond donors (Lipinski definition) is 1. The largest absolute Gasteiger partial charge is 0.332 e. The highest BCUT2D eigenvalue weighted by molar-refractivity contribution is 7.89. The van der Waals surface area contributed by atoms with Crippen molar-refractivity contribution < 1.29 is 13.2 Å². The average Bonchev–Trinajstić information content (AvgIpc) is 2.52. The Morgan fingerprint density at radius 3 is 2.18 bits per heavy atom. The van der Waals surface area contributed by atoms with Gasteiger partial charge < -0.3 is 4.90 Å². The summed E-state index contributed by atoms with van der Waals surface area (Å²) in [7, 11) is -2.09. The first-order chi connectivity index (χ1) is 10.4. The molecular weight excluding hydrogens is 300 g/mol. The Labute approximate surface area is 131 Å². The third-order valence-corrected chi connectivity index (χ3v) is 4.32. The molecule has 0 radical (unpaired) electrons. The minimum atomic E-state index is -3.45. The topological polar surface area (TPSA) is 66.5 Å². The molecule has 0 bridgehead atoms. The fourth-order valence-electron chi connectivity index (χ4n) is 1.72. The van der Waals surface area contributed by atoms with Gasteiger partial charge in [0, 0.05) is 19.2 Å². The quantitative estimate of drug-likeness (QED) is 0.587. The van der Waals surface area contributed by atoms with Gasteiger partial charge in [0.1, 0.15) is 0 Å². The molecule has 0 heterocycles. The van der Waals surface area contributed by atoms with Crippen LogP contribution in [0, 0.1) is 0 Å². The van der Waals surface area contributed by atoms with Crippen molar-refractivity contribution in [2.24, 2.45) is 0 Å². The van der Waals surface area contributed by atoms with Gasteiger partial charge in [0.05, 0.1) is 4.90 Å². The molecule has 1 N–H and O–H groups in total. The van der Waals surface area contributed by atoms with Crippen molar-refractivity contribution >= 4 is 22.0 Å². The second-order valence-corrected chi connectivity index (χ2v) is 6.32. The molecule has 1 aromatic carbocycles. The number of amides is 1. The molecule has 0 unspecified atom stereocenters. The molecule has 0 fully saturated rings. The first-order valence-electron chi connectivity index (χ1n) is 6.67. The van der Waals surface area contributed by atoms with Crippen LogP contribution >= 0.6 is 0 Å². The third kappa shape index (κ3) is 4.98. The summed E-state index contributed by atoms with van der Waals surface area (Å²) in [6.07, 6.45) is 6.37. The minimum Gasteiger partial charge on any atom is -0.332 e. The zero-order valence-corrected chi connectivity index (χ0v) is 13.3. The van der Waals surface area contributed by atoms with E-state index in [1.165, 1.54) is 25.3 Å². The van der Waals surface area contributed by atoms with Crippen LogP contribution in [0.25, 0.3) is 6.08 Å². The van der Waals surface area contributed by atoms with Crippen molar-refractivity contribution in [3.63, 3.8) is 0 Å². The van der Waals surface area contributed by atoms with Crippen LogP contribution < -0.4 is 4.72 Å². The van der Waals surface area contributed by atoms with E-state index in [2.05, 4.69) is 17.9 Å². The molecule has 6 heteroatoms. The highest BCUT2D eigenvalue weighted by Crippen LogP contribution is 2.11. The van der Waals surface area contributed by atoms with Gasteiger partial charge in [-0.1, -0.05) is 24.3 Å². The number of carbonyl (C=O) groups excluding carboxylic acids is 1. The predicted octanol–water partition coefficient (Wildman–Crippen LogP) is 1.81. The average molecular weight is 320 g/mol. The summed E-state index contributed by atoms with van der Waals surface area (Å²) in [5, 5.41) is 0. The van der Waals surface area contributed by atoms with E-state index < -0.39 is 10.0 Å². The summed E-state index contributed by atoms with van der Waals surface area (Å²) in [5.74, 6) is -0.160. The number of nitrogens with one attached hydrogen (secondary N) is 1. The lowest BCUT2D eigenvalue weighted by Crippen LogP contribution is -2.29. The number of benzene rings is 1. The van der Waals surface area contributed by atoms with E-state index in [1.807, 2.05) is 0 Å². The fraction of sp³-hybridized carbons (Fsp3) is 0.188. The molecule has 1 rings (SSSR count). The summed E-state index contributed by atoms with van der Waals surface area (Å²) in [6, 6.07) is 6.25. The molecular formula is C16H20N2O3S. The van der Waals surface area contributed by atoms with Gasteiger partial charge in [-0.2, -0.15) is 0 Å². The molecule has 0 saturated carbocycles. The van der Waals surface area contributed by atoms with E-state index in [-0.39, 0.29) is 10.8 Å². The second kappa shape index (κ2) is 8.31. The maximum atomic E-state index is 12.0. The van der Waals surface area contributed by atoms with E-state index in [9.17, 15) is 13.2 Å². The summed E-state index contributed by atoms with van der Waals surface area (Å²) < 4.78 is 25.5. The lowest BCUT2D eigenvalue weighted by Gasteiger charge is -2.16. The molecule has 1 amide bonds. The highest BCUT2D eigenvalue weighted by atomic mass is 32.2. The maximum absolute atomic E-state index is 12.0. The normalized spacial score (nSPS) is 11.3. The van der Waals surface area contributed by atoms with Crippen molar-refractivity contribution in [3.8, 4) is 0 Å². The van der Waals surface area contributed by atoms with Crippen molar-refractivity contribution in [1.82, 2.24) is 9.62 Å². The van der Waals surface area contributed by atoms with Gasteiger partial charge in [-0.15, -0.1) is 13.2 Å². The van der Waals surface area contributed by atoms with E-state index in [4.69, 9.17) is 0 Å². The van der Waals surface area contributed by atoms with Gasteiger partial charge in [0.2, 0.25) is 15.9 Å². The van der Waals surface area contributed by atoms with Crippen molar-refractivity contribution in [1.29, 1.82) is 0 Å². The van der Waals surface area contributed by atoms with Gasteiger partial charge in [0.15, 0.2) is 0 Å². The van der Waals surface area contributed by atoms with Gasteiger partial charge in [-0.3, -0.25) is 4.79 Å². The molecule has 0 aliphatic heterocycles. The number of nitrogens with zero attached hydrogens (tertiary/aromatic N) is 1. The van der Waals surface area contributed by atoms with Gasteiger partial charge >= 0.3 is 0 Å². The zero-order valence-electron chi connectivity index (χ0n) is 12.5. The van der Waals surface area contributed by atoms with Crippen LogP contribution in [-0.4, -0.2) is 39.4 Å². The Morgan fingerprint density at radius 2 is 1.73 bits per heavy atom. The summed E-state index contributed by atoms with van der Waals surface area (Å²) in [6.45, 7) is 8.10. The van der Waals surface area contributed by atoms with E-state index in [1.54, 1.807) is 35.3 Å². The van der Waals surface area contributed by atoms with Crippen LogP contribution in [0.1, 0.15) is 5.56 Å². The minimum absolute atomic E-state index is 0.160. The Bertz CT molecular complexity index is 651. The SMILES string of the molecule is C=CCN(CC=C)C(=O)/C=C/c1ccc(S(=O)(=O)NC)cc1. The maximum Gasteiger partial charge on any atom is 0.247 e. The van der Waals surface area contributed by atoms with Gasteiger partial charge in [-0.05, 0) is 30.8 Å². The Morgan fingerprint density at radius 1 is 1.18 bits per heavy atom. The summed E-state index contributed by atoms with van der Waals surface area (Å²) in [4.78, 5) is 13.8. The van der Waals surface area contributed by atoms with E-state index >= 15 is 0 Å². The molecule has 0 aromatic heterocycles. The number of hydrogen-bond acceptors (Lipinski definition) is 3. The number of rotatable bonds is 8. The lowest BCUT2D eigenvalue weighted by molar-refractivity contribution is -0.124. The molecule has 0 atom stereocenters. The van der Waals surface area contributed by atoms with Crippen LogP contribution in [0.15, 0.2) is 60.5 Å². The van der Waals surface area contributed by atoms with Crippen LogP contribution in [0.5, 0.6) is 0 Å². The summed E-state index contributed by atoms with van der Waals surface area (Å²) >= 11 is 0. The van der Waals surface area contributed by atoms with Crippen molar-refractivity contribution in [2.45, 2.75) is 4.90 Å². The molecule has 22 heavy (non-hydrogen) atoms. The zero-order chi connectivity index (χ0) is 16.6. The lowest BCUT2D eigenvalue weighted by atomic mass is 10.2. The Kier molecular flexibility index (Phi) is 6.75. The highest BCUT2D eigenvalue weighted by Gasteiger charge is 2.10. The smallest absolute Gasteiger partial charge is 0.247 e. The summed E-state index contributed by atoms with van der Waals surface area (Å²) in [5.41, 5.74) is 0.737. The fourth-order valence-corrected chi connectivity index (χ4v) is 2.45. The molecule has 0 spiro atoms. The van der Waals surface area contributed by atoms with E-state index in [0.717, 1.165) is 5.56 Å². The second-order valence-electron chi connectivity index (χ2n) is 4.43. The number of sulfonamides is 1. The van der Waals surface area contributed by atoms with Crippen LogP contribution in [0.2, 0.25) is 0 Å². The third-order valence-electron chi connectivity index (χ3n) is 2.89. The molecule has 0 aliphatic rings. The van der Waals surface area contributed by atoms with Crippen molar-refractivity contribution in [2.75, 3.05) is 20.1 Å². The molecule has 1 aromatic rings. The first-order valence-corrected chi connectivity index (χ1v) is 8.15. The molecule has 0 saturated heterocycles. The molecule has 5 nitrogen and oxygen atoms in total. The van der Waals surface area contributed by atoms with Gasteiger partial charge in [-0.25, -0.2) is 13.1 Å². The Hall–Kier alpha value is -2.18. The Balaban J connectivity index is 2.84. The standard InChI is InChI=1S/C16H20N2O3S/c1-4-12-18(13-5-2)16(19)11-8-14-6-9-15(10-7-14)22(20,21)17-3/h4-11,17H,1-2,12-13H2,3H3/b11-8+. The van der Waals surface area contributed by atoms with Crippen LogP contribution in [0.4, 0.5) is 0 Å². The van der Waals surface area contributed by atoms with E-state index in [0.29, 0.717) is 13.1 Å². The van der Waals surface area contributed by atoms with Crippen LogP contribution in [-0.2, 0) is 14.8 Å². The van der Waals surface area contributed by atoms with Crippen molar-refractivity contribution in [3.05, 3.63) is 61.2 Å². The van der Waals surface area contributed by atoms with Gasteiger partial charge in [0.25, 0.3) is 0 Å².